The van der Waals surface area contributed by atoms with E-state index in [9.17, 15) is 9.90 Å². The summed E-state index contributed by atoms with van der Waals surface area (Å²) in [4.78, 5) is 17.9. The van der Waals surface area contributed by atoms with Crippen molar-refractivity contribution < 1.29 is 9.90 Å². The van der Waals surface area contributed by atoms with Crippen molar-refractivity contribution >= 4 is 11.8 Å². The van der Waals surface area contributed by atoms with Crippen molar-refractivity contribution in [2.75, 3.05) is 18.9 Å². The largest absolute Gasteiger partial charge is 0.393 e. The number of pyridine rings is 1. The number of rotatable bonds is 5. The molecule has 2 N–H and O–H groups in total. The molecule has 24 heavy (non-hydrogen) atoms. The molecule has 3 rings (SSSR count). The topological polar surface area (TPSA) is 83.3 Å². The predicted molar refractivity (Wildman–Crippen MR) is 90.6 cm³/mol. The Morgan fingerprint density at radius 2 is 2.17 bits per heavy atom. The molecule has 0 aliphatic heterocycles. The Bertz CT molecular complexity index is 673. The lowest BCUT2D eigenvalue weighted by atomic mass is 10.1. The zero-order valence-electron chi connectivity index (χ0n) is 13.8. The van der Waals surface area contributed by atoms with Gasteiger partial charge in [0.1, 0.15) is 0 Å². The lowest BCUT2D eigenvalue weighted by Gasteiger charge is -2.23. The van der Waals surface area contributed by atoms with Crippen LogP contribution >= 0.6 is 0 Å². The molecule has 0 radical (unpaired) electrons. The Hall–Kier alpha value is -2.41. The summed E-state index contributed by atoms with van der Waals surface area (Å²) in [5.41, 5.74) is 1.10. The molecule has 1 fully saturated rings. The van der Waals surface area contributed by atoms with E-state index in [1.165, 1.54) is 0 Å². The highest BCUT2D eigenvalue weighted by atomic mass is 16.3. The Balaban J connectivity index is 1.53. The van der Waals surface area contributed by atoms with Crippen LogP contribution in [0.25, 0.3) is 0 Å². The molecule has 0 bridgehead atoms. The molecular weight excluding hydrogens is 306 g/mol. The minimum Gasteiger partial charge on any atom is -0.393 e. The van der Waals surface area contributed by atoms with Gasteiger partial charge in [-0.05, 0) is 30.5 Å². The van der Waals surface area contributed by atoms with Crippen molar-refractivity contribution in [1.82, 2.24) is 19.7 Å². The van der Waals surface area contributed by atoms with Gasteiger partial charge in [0.05, 0.1) is 12.6 Å². The summed E-state index contributed by atoms with van der Waals surface area (Å²) in [5, 5.41) is 17.0. The smallest absolute Gasteiger partial charge is 0.322 e. The molecule has 0 aromatic carbocycles. The third kappa shape index (κ3) is 4.11. The van der Waals surface area contributed by atoms with Crippen molar-refractivity contribution in [3.63, 3.8) is 0 Å². The summed E-state index contributed by atoms with van der Waals surface area (Å²) in [7, 11) is 1.74. The predicted octanol–water partition coefficient (Wildman–Crippen LogP) is 1.95. The van der Waals surface area contributed by atoms with E-state index >= 15 is 0 Å². The fourth-order valence-electron chi connectivity index (χ4n) is 3.06. The summed E-state index contributed by atoms with van der Waals surface area (Å²) in [5.74, 6) is 0.692. The fraction of sp³-hybridized carbons (Fsp3) is 0.471. The van der Waals surface area contributed by atoms with E-state index in [-0.39, 0.29) is 18.1 Å². The number of hydrogen-bond donors (Lipinski definition) is 2. The average molecular weight is 329 g/mol. The molecule has 2 amide bonds. The molecule has 2 atom stereocenters. The van der Waals surface area contributed by atoms with Gasteiger partial charge in [0.15, 0.2) is 5.82 Å². The van der Waals surface area contributed by atoms with E-state index in [1.807, 2.05) is 18.3 Å². The number of hydrogen-bond acceptors (Lipinski definition) is 4. The normalized spacial score (nSPS) is 20.1. The first-order valence-electron chi connectivity index (χ1n) is 8.24. The van der Waals surface area contributed by atoms with Crippen LogP contribution in [0.15, 0.2) is 36.8 Å². The highest BCUT2D eigenvalue weighted by Gasteiger charge is 2.27. The quantitative estimate of drug-likeness (QED) is 0.878. The molecule has 128 valence electrons. The second kappa shape index (κ2) is 7.44. The number of anilines is 1. The Morgan fingerprint density at radius 3 is 2.88 bits per heavy atom. The molecule has 2 heterocycles. The number of nitrogens with zero attached hydrogens (tertiary/aromatic N) is 4. The third-order valence-electron chi connectivity index (χ3n) is 4.44. The Kier molecular flexibility index (Phi) is 5.10. The fourth-order valence-corrected chi connectivity index (χ4v) is 3.06. The van der Waals surface area contributed by atoms with Gasteiger partial charge in [-0.1, -0.05) is 6.42 Å². The molecule has 7 nitrogen and oxygen atoms in total. The minimum atomic E-state index is -0.292. The molecule has 1 aliphatic rings. The summed E-state index contributed by atoms with van der Waals surface area (Å²) in [6.07, 6.45) is 7.86. The molecule has 0 saturated heterocycles. The van der Waals surface area contributed by atoms with Gasteiger partial charge in [0.2, 0.25) is 0 Å². The van der Waals surface area contributed by atoms with E-state index in [1.54, 1.807) is 35.1 Å². The van der Waals surface area contributed by atoms with Crippen molar-refractivity contribution in [3.05, 3.63) is 42.4 Å². The summed E-state index contributed by atoms with van der Waals surface area (Å²) < 4.78 is 1.77. The maximum Gasteiger partial charge on any atom is 0.322 e. The number of aliphatic hydroxyl groups excluding tert-OH is 1. The van der Waals surface area contributed by atoms with E-state index in [0.29, 0.717) is 18.9 Å². The number of aromatic nitrogens is 3. The van der Waals surface area contributed by atoms with Crippen LogP contribution in [-0.4, -0.2) is 50.5 Å². The van der Waals surface area contributed by atoms with E-state index in [4.69, 9.17) is 0 Å². The zero-order valence-corrected chi connectivity index (χ0v) is 13.8. The molecular formula is C17H23N5O2. The minimum absolute atomic E-state index is 0.171. The third-order valence-corrected chi connectivity index (χ3v) is 4.44. The van der Waals surface area contributed by atoms with Crippen LogP contribution in [0, 0.1) is 5.92 Å². The van der Waals surface area contributed by atoms with Crippen LogP contribution in [0.4, 0.5) is 10.6 Å². The van der Waals surface area contributed by atoms with Gasteiger partial charge in [-0.3, -0.25) is 15.0 Å². The second-order valence-corrected chi connectivity index (χ2v) is 6.32. The molecule has 0 spiro atoms. The number of urea groups is 1. The van der Waals surface area contributed by atoms with Crippen molar-refractivity contribution in [1.29, 1.82) is 0 Å². The average Bonchev–Trinajstić information content (AvgIpc) is 3.18. The van der Waals surface area contributed by atoms with Crippen LogP contribution in [0.3, 0.4) is 0 Å². The Labute approximate surface area is 141 Å². The first-order chi connectivity index (χ1) is 11.6. The van der Waals surface area contributed by atoms with E-state index in [2.05, 4.69) is 15.4 Å². The lowest BCUT2D eigenvalue weighted by molar-refractivity contribution is 0.116. The van der Waals surface area contributed by atoms with Gasteiger partial charge >= 0.3 is 6.03 Å². The monoisotopic (exact) mass is 329 g/mol. The number of amides is 2. The van der Waals surface area contributed by atoms with Crippen LogP contribution in [0.2, 0.25) is 0 Å². The zero-order chi connectivity index (χ0) is 16.9. The molecule has 7 heteroatoms. The van der Waals surface area contributed by atoms with Crippen LogP contribution in [-0.2, 0) is 6.54 Å². The first-order valence-corrected chi connectivity index (χ1v) is 8.24. The van der Waals surface area contributed by atoms with Crippen LogP contribution in [0.1, 0.15) is 24.8 Å². The van der Waals surface area contributed by atoms with Crippen molar-refractivity contribution in [2.24, 2.45) is 5.92 Å². The van der Waals surface area contributed by atoms with Crippen molar-refractivity contribution in [3.8, 4) is 0 Å². The van der Waals surface area contributed by atoms with E-state index in [0.717, 1.165) is 24.8 Å². The second-order valence-electron chi connectivity index (χ2n) is 6.32. The van der Waals surface area contributed by atoms with Gasteiger partial charge in [0, 0.05) is 44.2 Å². The van der Waals surface area contributed by atoms with Gasteiger partial charge < -0.3 is 10.0 Å². The van der Waals surface area contributed by atoms with Crippen molar-refractivity contribution in [2.45, 2.75) is 31.9 Å². The lowest BCUT2D eigenvalue weighted by Crippen LogP contribution is -2.37. The molecule has 2 aromatic heterocycles. The van der Waals surface area contributed by atoms with Gasteiger partial charge in [-0.25, -0.2) is 4.79 Å². The van der Waals surface area contributed by atoms with Crippen LogP contribution in [0.5, 0.6) is 0 Å². The number of carbonyl (C=O) groups excluding carboxylic acids is 1. The summed E-state index contributed by atoms with van der Waals surface area (Å²) >= 11 is 0. The van der Waals surface area contributed by atoms with Gasteiger partial charge in [0.25, 0.3) is 0 Å². The number of aliphatic hydroxyl groups is 1. The first kappa shape index (κ1) is 16.4. The summed E-state index contributed by atoms with van der Waals surface area (Å²) in [6, 6.07) is 5.43. The molecule has 1 saturated carbocycles. The SMILES string of the molecule is CN(C[C@H]1CCC[C@H]1O)C(=O)Nc1ccn(Cc2ccncc2)n1. The maximum absolute atomic E-state index is 12.3. The standard InChI is InChI=1S/C17H23N5O2/c1-21(12-14-3-2-4-15(14)23)17(24)19-16-7-10-22(20-16)11-13-5-8-18-9-6-13/h5-10,14-15,23H,2-4,11-12H2,1H3,(H,19,20,24)/t14-,15-/m1/s1. The maximum atomic E-state index is 12.3. The molecule has 0 unspecified atom stereocenters. The number of carbonyl (C=O) groups is 1. The molecule has 2 aromatic rings. The highest BCUT2D eigenvalue weighted by molar-refractivity contribution is 5.88. The summed E-state index contributed by atoms with van der Waals surface area (Å²) in [6.45, 7) is 1.19. The van der Waals surface area contributed by atoms with Gasteiger partial charge in [-0.15, -0.1) is 0 Å². The van der Waals surface area contributed by atoms with Crippen LogP contribution < -0.4 is 5.32 Å². The highest BCUT2D eigenvalue weighted by Crippen LogP contribution is 2.26. The Morgan fingerprint density at radius 1 is 1.38 bits per heavy atom. The van der Waals surface area contributed by atoms with Gasteiger partial charge in [-0.2, -0.15) is 5.10 Å². The number of nitrogens with one attached hydrogen (secondary N) is 1. The molecule has 1 aliphatic carbocycles. The van der Waals surface area contributed by atoms with E-state index < -0.39 is 0 Å².